The Morgan fingerprint density at radius 3 is 2.91 bits per heavy atom. The van der Waals surface area contributed by atoms with Crippen molar-refractivity contribution in [2.24, 2.45) is 0 Å². The van der Waals surface area contributed by atoms with Crippen molar-refractivity contribution in [2.75, 3.05) is 0 Å². The zero-order valence-electron chi connectivity index (χ0n) is 17.3. The van der Waals surface area contributed by atoms with Crippen LogP contribution in [0.15, 0.2) is 51.3 Å². The van der Waals surface area contributed by atoms with Crippen LogP contribution in [-0.4, -0.2) is 19.7 Å². The molecule has 3 heterocycles. The van der Waals surface area contributed by atoms with Gasteiger partial charge in [0, 0.05) is 11.4 Å². The number of rotatable bonds is 6. The molecule has 5 rings (SSSR count). The van der Waals surface area contributed by atoms with Gasteiger partial charge in [0.1, 0.15) is 4.83 Å². The Labute approximate surface area is 198 Å². The molecule has 0 atom stereocenters. The monoisotopic (exact) mass is 484 g/mol. The molecule has 0 saturated heterocycles. The average molecular weight is 485 g/mol. The zero-order valence-corrected chi connectivity index (χ0v) is 19.7. The lowest BCUT2D eigenvalue weighted by Crippen LogP contribution is -2.23. The van der Waals surface area contributed by atoms with Crippen molar-refractivity contribution < 1.29 is 4.42 Å². The van der Waals surface area contributed by atoms with E-state index in [1.165, 1.54) is 35.0 Å². The second kappa shape index (κ2) is 9.21. The van der Waals surface area contributed by atoms with E-state index in [1.807, 2.05) is 18.2 Å². The number of thioether (sulfide) groups is 1. The molecule has 1 aliphatic carbocycles. The van der Waals surface area contributed by atoms with Gasteiger partial charge in [0.25, 0.3) is 5.56 Å². The second-order valence-electron chi connectivity index (χ2n) is 7.61. The number of halogens is 1. The first-order valence-corrected chi connectivity index (χ1v) is 12.7. The molecule has 3 aromatic heterocycles. The molecule has 4 aromatic rings. The average Bonchev–Trinajstić information content (AvgIpc) is 3.33. The maximum absolute atomic E-state index is 13.4. The van der Waals surface area contributed by atoms with Gasteiger partial charge in [-0.15, -0.1) is 28.1 Å². The highest BCUT2D eigenvalue weighted by Crippen LogP contribution is 2.34. The van der Waals surface area contributed by atoms with E-state index >= 15 is 0 Å². The predicted molar refractivity (Wildman–Crippen MR) is 130 cm³/mol. The summed E-state index contributed by atoms with van der Waals surface area (Å²) in [5.41, 5.74) is 1.91. The fraction of sp³-hybridized carbons (Fsp3) is 0.304. The number of allylic oxidation sites excluding steroid dienone is 1. The zero-order chi connectivity index (χ0) is 22.1. The lowest BCUT2D eigenvalue weighted by molar-refractivity contribution is 0.528. The Balaban J connectivity index is 1.47. The van der Waals surface area contributed by atoms with E-state index in [4.69, 9.17) is 21.0 Å². The first kappa shape index (κ1) is 21.4. The van der Waals surface area contributed by atoms with E-state index in [0.717, 1.165) is 29.5 Å². The second-order valence-corrected chi connectivity index (χ2v) is 10.0. The van der Waals surface area contributed by atoms with E-state index in [9.17, 15) is 4.79 Å². The summed E-state index contributed by atoms with van der Waals surface area (Å²) in [6, 6.07) is 7.34. The molecular formula is C23H21ClN4O2S2. The van der Waals surface area contributed by atoms with Crippen LogP contribution in [0.2, 0.25) is 5.02 Å². The molecule has 32 heavy (non-hydrogen) atoms. The molecule has 0 aliphatic heterocycles. The van der Waals surface area contributed by atoms with Crippen LogP contribution in [0, 0.1) is 0 Å². The summed E-state index contributed by atoms with van der Waals surface area (Å²) in [5, 5.41) is 10.2. The third-order valence-corrected chi connectivity index (χ3v) is 7.97. The van der Waals surface area contributed by atoms with Crippen LogP contribution in [0.5, 0.6) is 0 Å². The van der Waals surface area contributed by atoms with Gasteiger partial charge in [-0.05, 0) is 43.4 Å². The molecule has 164 valence electrons. The molecule has 0 amide bonds. The largest absolute Gasteiger partial charge is 0.420 e. The van der Waals surface area contributed by atoms with Gasteiger partial charge >= 0.3 is 0 Å². The highest BCUT2D eigenvalue weighted by Gasteiger charge is 2.22. The predicted octanol–water partition coefficient (Wildman–Crippen LogP) is 5.91. The minimum Gasteiger partial charge on any atom is -0.420 e. The third kappa shape index (κ3) is 4.02. The molecule has 0 radical (unpaired) electrons. The van der Waals surface area contributed by atoms with Crippen LogP contribution in [0.1, 0.15) is 35.6 Å². The maximum atomic E-state index is 13.4. The number of nitrogens with zero attached hydrogens (tertiary/aromatic N) is 4. The van der Waals surface area contributed by atoms with Gasteiger partial charge in [0.15, 0.2) is 5.16 Å². The van der Waals surface area contributed by atoms with Crippen LogP contribution in [0.4, 0.5) is 0 Å². The topological polar surface area (TPSA) is 73.8 Å². The Bertz CT molecular complexity index is 1360. The summed E-state index contributed by atoms with van der Waals surface area (Å²) < 4.78 is 7.51. The van der Waals surface area contributed by atoms with E-state index < -0.39 is 0 Å². The van der Waals surface area contributed by atoms with Gasteiger partial charge < -0.3 is 4.42 Å². The third-order valence-electron chi connectivity index (χ3n) is 5.50. The Morgan fingerprint density at radius 2 is 2.06 bits per heavy atom. The smallest absolute Gasteiger partial charge is 0.263 e. The highest BCUT2D eigenvalue weighted by molar-refractivity contribution is 7.98. The summed E-state index contributed by atoms with van der Waals surface area (Å²) in [6.07, 6.45) is 7.23. The van der Waals surface area contributed by atoms with Crippen molar-refractivity contribution in [1.29, 1.82) is 0 Å². The molecule has 0 N–H and O–H groups in total. The Morgan fingerprint density at radius 1 is 1.22 bits per heavy atom. The number of hydrogen-bond donors (Lipinski definition) is 0. The molecule has 0 unspecified atom stereocenters. The van der Waals surface area contributed by atoms with Crippen molar-refractivity contribution >= 4 is 44.9 Å². The Hall–Kier alpha value is -2.42. The maximum Gasteiger partial charge on any atom is 0.263 e. The number of aromatic nitrogens is 4. The van der Waals surface area contributed by atoms with Crippen LogP contribution in [0.3, 0.4) is 0 Å². The van der Waals surface area contributed by atoms with Gasteiger partial charge in [-0.3, -0.25) is 9.36 Å². The fourth-order valence-electron chi connectivity index (χ4n) is 3.98. The lowest BCUT2D eigenvalue weighted by Gasteiger charge is -2.09. The van der Waals surface area contributed by atoms with E-state index in [2.05, 4.69) is 16.8 Å². The number of thiophene rings is 1. The minimum atomic E-state index is 0.0130. The van der Waals surface area contributed by atoms with Crippen molar-refractivity contribution in [3.8, 4) is 11.5 Å². The molecule has 9 heteroatoms. The number of aryl methyl sites for hydroxylation is 2. The molecule has 6 nitrogen and oxygen atoms in total. The van der Waals surface area contributed by atoms with Gasteiger partial charge in [-0.25, -0.2) is 4.98 Å². The molecule has 1 aliphatic rings. The molecule has 0 bridgehead atoms. The van der Waals surface area contributed by atoms with E-state index in [0.29, 0.717) is 39.8 Å². The summed E-state index contributed by atoms with van der Waals surface area (Å²) in [7, 11) is 0. The van der Waals surface area contributed by atoms with Crippen LogP contribution < -0.4 is 5.56 Å². The number of hydrogen-bond acceptors (Lipinski definition) is 7. The minimum absolute atomic E-state index is 0.0130. The fourth-order valence-corrected chi connectivity index (χ4v) is 6.34. The van der Waals surface area contributed by atoms with E-state index in [1.54, 1.807) is 28.0 Å². The van der Waals surface area contributed by atoms with Crippen LogP contribution in [0.25, 0.3) is 21.7 Å². The van der Waals surface area contributed by atoms with Gasteiger partial charge in [-0.2, -0.15) is 0 Å². The van der Waals surface area contributed by atoms with Gasteiger partial charge in [0.2, 0.25) is 11.8 Å². The van der Waals surface area contributed by atoms with Crippen LogP contribution >= 0.6 is 34.7 Å². The molecule has 0 saturated carbocycles. The standard InChI is InChI=1S/C23H21ClN4O2S2/c1-2-12-28-22(29)19-15-9-4-3-5-11-17(15)32-21(19)25-23(28)31-13-18-26-27-20(30-18)14-8-6-7-10-16(14)24/h2,6-8,10H,1,3-5,9,11-13H2. The first-order chi connectivity index (χ1) is 15.7. The summed E-state index contributed by atoms with van der Waals surface area (Å²) in [5.74, 6) is 1.23. The molecule has 0 fully saturated rings. The quantitative estimate of drug-likeness (QED) is 0.146. The lowest BCUT2D eigenvalue weighted by atomic mass is 10.1. The number of benzene rings is 1. The SMILES string of the molecule is C=CCn1c(SCc2nnc(-c3ccccc3Cl)o2)nc2sc3c(c2c1=O)CCCCC3. The highest BCUT2D eigenvalue weighted by atomic mass is 35.5. The van der Waals surface area contributed by atoms with Crippen LogP contribution in [-0.2, 0) is 25.1 Å². The summed E-state index contributed by atoms with van der Waals surface area (Å²) >= 11 is 9.31. The van der Waals surface area contributed by atoms with Crippen molar-refractivity contribution in [3.05, 3.63) is 68.6 Å². The van der Waals surface area contributed by atoms with Gasteiger partial charge in [-0.1, -0.05) is 48.0 Å². The summed E-state index contributed by atoms with van der Waals surface area (Å²) in [6.45, 7) is 4.23. The number of fused-ring (bicyclic) bond motifs is 3. The Kier molecular flexibility index (Phi) is 6.17. The molecular weight excluding hydrogens is 464 g/mol. The van der Waals surface area contributed by atoms with Gasteiger partial charge in [0.05, 0.1) is 21.7 Å². The summed E-state index contributed by atoms with van der Waals surface area (Å²) in [4.78, 5) is 20.4. The molecule has 1 aromatic carbocycles. The molecule has 0 spiro atoms. The van der Waals surface area contributed by atoms with Crippen molar-refractivity contribution in [1.82, 2.24) is 19.7 Å². The normalized spacial score (nSPS) is 13.8. The van der Waals surface area contributed by atoms with E-state index in [-0.39, 0.29) is 5.56 Å². The van der Waals surface area contributed by atoms with Crippen molar-refractivity contribution in [3.63, 3.8) is 0 Å². The van der Waals surface area contributed by atoms with Crippen molar-refractivity contribution in [2.45, 2.75) is 49.6 Å². The first-order valence-electron chi connectivity index (χ1n) is 10.5.